The number of carbonyl (C=O) groups is 2. The molecule has 0 atom stereocenters. The number of amidine groups is 1. The molecular formula is C14H16N2O6. The molecule has 22 heavy (non-hydrogen) atoms. The number of aryl methyl sites for hydroxylation is 1. The van der Waals surface area contributed by atoms with Gasteiger partial charge in [-0.1, -0.05) is 29.8 Å². The predicted octanol–water partition coefficient (Wildman–Crippen LogP) is 1.78. The van der Waals surface area contributed by atoms with Crippen LogP contribution in [0.15, 0.2) is 41.0 Å². The SMILES string of the molecule is CO/C(C)=C(\OC=O)OOC(=O)/N=C(/N)c1ccc(C)cc1. The number of nitrogens with two attached hydrogens (primary N) is 1. The third kappa shape index (κ3) is 5.16. The maximum atomic E-state index is 11.5. The molecule has 0 radical (unpaired) electrons. The highest BCUT2D eigenvalue weighted by Crippen LogP contribution is 2.09. The Morgan fingerprint density at radius 2 is 1.86 bits per heavy atom. The number of nitrogens with zero attached hydrogens (tertiary/aromatic N) is 1. The van der Waals surface area contributed by atoms with Crippen molar-refractivity contribution in [1.29, 1.82) is 0 Å². The van der Waals surface area contributed by atoms with Gasteiger partial charge >= 0.3 is 18.5 Å². The molecule has 0 aromatic heterocycles. The second kappa shape index (κ2) is 8.30. The van der Waals surface area contributed by atoms with Crippen LogP contribution in [-0.2, 0) is 24.0 Å². The summed E-state index contributed by atoms with van der Waals surface area (Å²) in [6.07, 6.45) is -1.12. The Morgan fingerprint density at radius 3 is 2.41 bits per heavy atom. The van der Waals surface area contributed by atoms with E-state index in [1.165, 1.54) is 14.0 Å². The lowest BCUT2D eigenvalue weighted by atomic mass is 10.1. The van der Waals surface area contributed by atoms with Crippen LogP contribution in [-0.4, -0.2) is 25.5 Å². The molecule has 0 spiro atoms. The second-order valence-corrected chi connectivity index (χ2v) is 4.06. The molecular weight excluding hydrogens is 292 g/mol. The summed E-state index contributed by atoms with van der Waals surface area (Å²) >= 11 is 0. The van der Waals surface area contributed by atoms with Gasteiger partial charge in [-0.2, -0.15) is 4.99 Å². The van der Waals surface area contributed by atoms with E-state index in [0.29, 0.717) is 5.56 Å². The number of allylic oxidation sites excluding steroid dienone is 1. The van der Waals surface area contributed by atoms with Gasteiger partial charge in [0.05, 0.1) is 7.11 Å². The highest BCUT2D eigenvalue weighted by Gasteiger charge is 2.12. The molecule has 1 aromatic rings. The Morgan fingerprint density at radius 1 is 1.23 bits per heavy atom. The van der Waals surface area contributed by atoms with Crippen LogP contribution in [0.25, 0.3) is 0 Å². The van der Waals surface area contributed by atoms with Crippen LogP contribution in [0, 0.1) is 6.92 Å². The van der Waals surface area contributed by atoms with Crippen molar-refractivity contribution in [3.05, 3.63) is 47.1 Å². The predicted molar refractivity (Wildman–Crippen MR) is 76.3 cm³/mol. The van der Waals surface area contributed by atoms with E-state index < -0.39 is 12.0 Å². The Labute approximate surface area is 127 Å². The van der Waals surface area contributed by atoms with E-state index in [1.54, 1.807) is 12.1 Å². The number of hydrogen-bond donors (Lipinski definition) is 1. The molecule has 2 N–H and O–H groups in total. The van der Waals surface area contributed by atoms with Crippen LogP contribution in [0.2, 0.25) is 0 Å². The van der Waals surface area contributed by atoms with Crippen LogP contribution >= 0.6 is 0 Å². The van der Waals surface area contributed by atoms with Crippen molar-refractivity contribution in [1.82, 2.24) is 0 Å². The molecule has 1 amide bonds. The molecule has 0 aliphatic carbocycles. The van der Waals surface area contributed by atoms with E-state index in [1.807, 2.05) is 19.1 Å². The van der Waals surface area contributed by atoms with Crippen molar-refractivity contribution < 1.29 is 28.8 Å². The molecule has 0 aliphatic rings. The molecule has 0 fully saturated rings. The second-order valence-electron chi connectivity index (χ2n) is 4.06. The Hall–Kier alpha value is -3.03. The van der Waals surface area contributed by atoms with Gasteiger partial charge in [0.15, 0.2) is 5.76 Å². The number of carbonyl (C=O) groups excluding carboxylic acids is 2. The van der Waals surface area contributed by atoms with E-state index >= 15 is 0 Å². The average Bonchev–Trinajstić information content (AvgIpc) is 2.51. The zero-order valence-electron chi connectivity index (χ0n) is 12.4. The summed E-state index contributed by atoms with van der Waals surface area (Å²) in [5, 5.41) is 0. The van der Waals surface area contributed by atoms with E-state index in [2.05, 4.69) is 19.5 Å². The molecule has 0 heterocycles. The van der Waals surface area contributed by atoms with Crippen molar-refractivity contribution in [2.75, 3.05) is 7.11 Å². The van der Waals surface area contributed by atoms with Crippen LogP contribution in [0.5, 0.6) is 0 Å². The average molecular weight is 308 g/mol. The first-order chi connectivity index (χ1) is 10.5. The van der Waals surface area contributed by atoms with E-state index in [9.17, 15) is 9.59 Å². The number of rotatable bonds is 6. The monoisotopic (exact) mass is 308 g/mol. The van der Waals surface area contributed by atoms with E-state index in [0.717, 1.165) is 5.56 Å². The van der Waals surface area contributed by atoms with E-state index in [4.69, 9.17) is 10.5 Å². The van der Waals surface area contributed by atoms with Crippen LogP contribution in [0.3, 0.4) is 0 Å². The van der Waals surface area contributed by atoms with E-state index in [-0.39, 0.29) is 18.1 Å². The maximum absolute atomic E-state index is 11.5. The summed E-state index contributed by atoms with van der Waals surface area (Å²) in [4.78, 5) is 34.2. The highest BCUT2D eigenvalue weighted by molar-refractivity contribution is 6.02. The van der Waals surface area contributed by atoms with Crippen LogP contribution < -0.4 is 5.73 Å². The van der Waals surface area contributed by atoms with Gasteiger partial charge < -0.3 is 15.2 Å². The smallest absolute Gasteiger partial charge is 0.477 e. The zero-order valence-corrected chi connectivity index (χ0v) is 12.4. The summed E-state index contributed by atoms with van der Waals surface area (Å²) in [5.74, 6) is -0.371. The van der Waals surface area contributed by atoms with Gasteiger partial charge in [-0.05, 0) is 6.92 Å². The fourth-order valence-corrected chi connectivity index (χ4v) is 1.27. The minimum atomic E-state index is -1.12. The third-order valence-corrected chi connectivity index (χ3v) is 2.50. The number of aliphatic imine (C=N–C) groups is 1. The number of hydrogen-bond acceptors (Lipinski definition) is 6. The molecule has 1 aromatic carbocycles. The fourth-order valence-electron chi connectivity index (χ4n) is 1.27. The maximum Gasteiger partial charge on any atom is 0.477 e. The lowest BCUT2D eigenvalue weighted by molar-refractivity contribution is -0.237. The summed E-state index contributed by atoms with van der Waals surface area (Å²) in [5.41, 5.74) is 7.26. The molecule has 0 saturated carbocycles. The summed E-state index contributed by atoms with van der Waals surface area (Å²) in [7, 11) is 1.32. The summed E-state index contributed by atoms with van der Waals surface area (Å²) in [6.45, 7) is 3.45. The molecule has 1 rings (SSSR count). The minimum Gasteiger partial charge on any atom is -0.494 e. The van der Waals surface area contributed by atoms with Crippen molar-refractivity contribution in [3.8, 4) is 0 Å². The summed E-state index contributed by atoms with van der Waals surface area (Å²) < 4.78 is 9.22. The molecule has 0 aliphatic heterocycles. The van der Waals surface area contributed by atoms with Crippen LogP contribution in [0.1, 0.15) is 18.1 Å². The standard InChI is InChI=1S/C14H16N2O6/c1-9-4-6-11(7-5-9)12(15)16-14(18)22-21-13(20-8-17)10(2)19-3/h4-8H,1-3H3,(H2,15,16,18)/b13-10+. The van der Waals surface area contributed by atoms with Gasteiger partial charge in [0.25, 0.3) is 0 Å². The van der Waals surface area contributed by atoms with Crippen molar-refractivity contribution in [2.24, 2.45) is 10.7 Å². The lowest BCUT2D eigenvalue weighted by Gasteiger charge is -2.07. The van der Waals surface area contributed by atoms with Crippen molar-refractivity contribution >= 4 is 18.4 Å². The van der Waals surface area contributed by atoms with Gasteiger partial charge in [-0.25, -0.2) is 14.6 Å². The Balaban J connectivity index is 2.70. The molecule has 8 heteroatoms. The third-order valence-electron chi connectivity index (χ3n) is 2.50. The van der Waals surface area contributed by atoms with Gasteiger partial charge in [0, 0.05) is 12.5 Å². The van der Waals surface area contributed by atoms with Gasteiger partial charge in [0.1, 0.15) is 5.84 Å². The fraction of sp³-hybridized carbons (Fsp3) is 0.214. The molecule has 118 valence electrons. The number of methoxy groups -OCH3 is 1. The lowest BCUT2D eigenvalue weighted by Crippen LogP contribution is -2.16. The van der Waals surface area contributed by atoms with Crippen molar-refractivity contribution in [3.63, 3.8) is 0 Å². The number of benzene rings is 1. The quantitative estimate of drug-likeness (QED) is 0.213. The van der Waals surface area contributed by atoms with Gasteiger partial charge in [-0.15, -0.1) is 0 Å². The topological polar surface area (TPSA) is 109 Å². The molecule has 0 unspecified atom stereocenters. The Bertz CT molecular complexity index is 592. The summed E-state index contributed by atoms with van der Waals surface area (Å²) in [6, 6.07) is 7.05. The zero-order chi connectivity index (χ0) is 16.5. The van der Waals surface area contributed by atoms with Crippen LogP contribution in [0.4, 0.5) is 4.79 Å². The highest BCUT2D eigenvalue weighted by atomic mass is 17.2. The molecule has 8 nitrogen and oxygen atoms in total. The number of ether oxygens (including phenoxy) is 2. The molecule has 0 bridgehead atoms. The first-order valence-electron chi connectivity index (χ1n) is 6.12. The minimum absolute atomic E-state index is 0.0427. The van der Waals surface area contributed by atoms with Gasteiger partial charge in [0.2, 0.25) is 0 Å². The van der Waals surface area contributed by atoms with Crippen molar-refractivity contribution in [2.45, 2.75) is 13.8 Å². The largest absolute Gasteiger partial charge is 0.494 e. The normalized spacial score (nSPS) is 12.0. The Kier molecular flexibility index (Phi) is 6.42. The first-order valence-corrected chi connectivity index (χ1v) is 6.12. The number of amides is 1. The molecule has 0 saturated heterocycles. The first kappa shape index (κ1) is 17.0. The van der Waals surface area contributed by atoms with Gasteiger partial charge in [-0.3, -0.25) is 4.79 Å².